The summed E-state index contributed by atoms with van der Waals surface area (Å²) in [4.78, 5) is 16.8. The summed E-state index contributed by atoms with van der Waals surface area (Å²) in [5, 5.41) is 0. The lowest BCUT2D eigenvalue weighted by molar-refractivity contribution is 0.0735. The van der Waals surface area contributed by atoms with Crippen molar-refractivity contribution < 1.29 is 9.18 Å². The van der Waals surface area contributed by atoms with Gasteiger partial charge in [0.1, 0.15) is 5.82 Å². The van der Waals surface area contributed by atoms with Gasteiger partial charge in [0.25, 0.3) is 5.91 Å². The lowest BCUT2D eigenvalue weighted by Crippen LogP contribution is -2.29. The van der Waals surface area contributed by atoms with Gasteiger partial charge in [-0.05, 0) is 41.0 Å². The molecular weight excluding hydrogens is 381 g/mol. The van der Waals surface area contributed by atoms with Gasteiger partial charge in [-0.15, -0.1) is 11.3 Å². The maximum atomic E-state index is 13.3. The predicted octanol–water partition coefficient (Wildman–Crippen LogP) is 6.40. The molecule has 29 heavy (non-hydrogen) atoms. The largest absolute Gasteiger partial charge is 0.329 e. The van der Waals surface area contributed by atoms with Crippen molar-refractivity contribution >= 4 is 17.2 Å². The summed E-state index contributed by atoms with van der Waals surface area (Å²) in [5.74, 6) is -0.269. The van der Waals surface area contributed by atoms with Crippen molar-refractivity contribution in [3.8, 4) is 10.4 Å². The summed E-state index contributed by atoms with van der Waals surface area (Å²) >= 11 is 1.44. The SMILES string of the molecule is O=C(c1ccc(-c2ccc(F)cc2)s1)N(Cc1ccccc1)Cc1ccccc1. The Bertz CT molecular complexity index is 1030. The van der Waals surface area contributed by atoms with Gasteiger partial charge >= 0.3 is 0 Å². The van der Waals surface area contributed by atoms with E-state index >= 15 is 0 Å². The second kappa shape index (κ2) is 8.84. The molecule has 0 N–H and O–H groups in total. The van der Waals surface area contributed by atoms with Crippen LogP contribution >= 0.6 is 11.3 Å². The van der Waals surface area contributed by atoms with E-state index in [4.69, 9.17) is 0 Å². The van der Waals surface area contributed by atoms with Gasteiger partial charge in [-0.3, -0.25) is 4.79 Å². The molecule has 0 aliphatic heterocycles. The fourth-order valence-electron chi connectivity index (χ4n) is 3.19. The number of halogens is 1. The van der Waals surface area contributed by atoms with E-state index in [1.54, 1.807) is 12.1 Å². The number of benzene rings is 3. The summed E-state index contributed by atoms with van der Waals surface area (Å²) in [5.41, 5.74) is 3.09. The highest BCUT2D eigenvalue weighted by Crippen LogP contribution is 2.29. The van der Waals surface area contributed by atoms with Crippen LogP contribution in [-0.2, 0) is 13.1 Å². The fourth-order valence-corrected chi connectivity index (χ4v) is 4.16. The average molecular weight is 402 g/mol. The fraction of sp³-hybridized carbons (Fsp3) is 0.0800. The summed E-state index contributed by atoms with van der Waals surface area (Å²) in [7, 11) is 0. The molecule has 0 spiro atoms. The van der Waals surface area contributed by atoms with Gasteiger partial charge in [0.15, 0.2) is 0 Å². The number of hydrogen-bond donors (Lipinski definition) is 0. The van der Waals surface area contributed by atoms with Crippen molar-refractivity contribution in [1.82, 2.24) is 4.90 Å². The molecule has 0 bridgehead atoms. The molecule has 0 radical (unpaired) electrons. The first-order valence-electron chi connectivity index (χ1n) is 9.42. The molecule has 1 amide bonds. The van der Waals surface area contributed by atoms with Crippen molar-refractivity contribution in [2.75, 3.05) is 0 Å². The van der Waals surface area contributed by atoms with E-state index in [0.29, 0.717) is 18.0 Å². The van der Waals surface area contributed by atoms with Crippen LogP contribution in [-0.4, -0.2) is 10.8 Å². The van der Waals surface area contributed by atoms with Crippen LogP contribution in [0.5, 0.6) is 0 Å². The van der Waals surface area contributed by atoms with E-state index < -0.39 is 0 Å². The monoisotopic (exact) mass is 401 g/mol. The molecule has 0 unspecified atom stereocenters. The second-order valence-corrected chi connectivity index (χ2v) is 7.89. The zero-order valence-electron chi connectivity index (χ0n) is 15.8. The topological polar surface area (TPSA) is 20.3 Å². The average Bonchev–Trinajstić information content (AvgIpc) is 3.25. The van der Waals surface area contributed by atoms with Crippen molar-refractivity contribution in [3.05, 3.63) is 119 Å². The minimum Gasteiger partial charge on any atom is -0.329 e. The third-order valence-electron chi connectivity index (χ3n) is 4.67. The van der Waals surface area contributed by atoms with Crippen LogP contribution in [0.15, 0.2) is 97.1 Å². The van der Waals surface area contributed by atoms with E-state index in [9.17, 15) is 9.18 Å². The van der Waals surface area contributed by atoms with Gasteiger partial charge in [-0.25, -0.2) is 4.39 Å². The van der Waals surface area contributed by atoms with Crippen molar-refractivity contribution in [2.24, 2.45) is 0 Å². The Hall–Kier alpha value is -3.24. The summed E-state index contributed by atoms with van der Waals surface area (Å²) in [6.45, 7) is 1.08. The van der Waals surface area contributed by atoms with Crippen LogP contribution in [0, 0.1) is 5.82 Å². The minimum atomic E-state index is -0.265. The van der Waals surface area contributed by atoms with E-state index in [2.05, 4.69) is 0 Å². The molecular formula is C25H20FNOS. The number of rotatable bonds is 6. The number of amides is 1. The Morgan fingerprint density at radius 1 is 0.724 bits per heavy atom. The molecule has 0 atom stereocenters. The Labute approximate surface area is 173 Å². The third-order valence-corrected chi connectivity index (χ3v) is 5.79. The molecule has 0 saturated heterocycles. The normalized spacial score (nSPS) is 10.7. The Morgan fingerprint density at radius 3 is 1.83 bits per heavy atom. The van der Waals surface area contributed by atoms with Gasteiger partial charge < -0.3 is 4.90 Å². The van der Waals surface area contributed by atoms with E-state index in [1.807, 2.05) is 77.7 Å². The number of carbonyl (C=O) groups excluding carboxylic acids is 1. The van der Waals surface area contributed by atoms with Gasteiger partial charge in [0.05, 0.1) is 4.88 Å². The number of hydrogen-bond acceptors (Lipinski definition) is 2. The molecule has 1 aromatic heterocycles. The van der Waals surface area contributed by atoms with Crippen molar-refractivity contribution in [1.29, 1.82) is 0 Å². The number of nitrogens with zero attached hydrogens (tertiary/aromatic N) is 1. The zero-order chi connectivity index (χ0) is 20.1. The van der Waals surface area contributed by atoms with Crippen LogP contribution in [0.25, 0.3) is 10.4 Å². The lowest BCUT2D eigenvalue weighted by Gasteiger charge is -2.22. The highest BCUT2D eigenvalue weighted by atomic mass is 32.1. The molecule has 0 fully saturated rings. The van der Waals surface area contributed by atoms with Crippen LogP contribution in [0.1, 0.15) is 20.8 Å². The maximum Gasteiger partial charge on any atom is 0.264 e. The van der Waals surface area contributed by atoms with Gasteiger partial charge in [-0.2, -0.15) is 0 Å². The van der Waals surface area contributed by atoms with Gasteiger partial charge in [-0.1, -0.05) is 72.8 Å². The van der Waals surface area contributed by atoms with E-state index in [-0.39, 0.29) is 11.7 Å². The quantitative estimate of drug-likeness (QED) is 0.366. The maximum absolute atomic E-state index is 13.3. The minimum absolute atomic E-state index is 0.00364. The van der Waals surface area contributed by atoms with Gasteiger partial charge in [0, 0.05) is 18.0 Å². The molecule has 2 nitrogen and oxygen atoms in total. The molecule has 0 aliphatic carbocycles. The first-order valence-corrected chi connectivity index (χ1v) is 10.2. The number of carbonyl (C=O) groups is 1. The first kappa shape index (κ1) is 19.1. The highest BCUT2D eigenvalue weighted by Gasteiger charge is 2.19. The van der Waals surface area contributed by atoms with Crippen molar-refractivity contribution in [3.63, 3.8) is 0 Å². The summed E-state index contributed by atoms with van der Waals surface area (Å²) < 4.78 is 13.2. The Morgan fingerprint density at radius 2 is 1.28 bits per heavy atom. The second-order valence-electron chi connectivity index (χ2n) is 6.80. The molecule has 144 valence electrons. The molecule has 0 aliphatic rings. The highest BCUT2D eigenvalue weighted by molar-refractivity contribution is 7.17. The van der Waals surface area contributed by atoms with Crippen molar-refractivity contribution in [2.45, 2.75) is 13.1 Å². The first-order chi connectivity index (χ1) is 14.2. The molecule has 4 aromatic rings. The lowest BCUT2D eigenvalue weighted by atomic mass is 10.1. The van der Waals surface area contributed by atoms with Crippen LogP contribution < -0.4 is 0 Å². The molecule has 0 saturated carbocycles. The third kappa shape index (κ3) is 4.79. The van der Waals surface area contributed by atoms with Crippen LogP contribution in [0.4, 0.5) is 4.39 Å². The van der Waals surface area contributed by atoms with E-state index in [0.717, 1.165) is 21.6 Å². The molecule has 4 heteroatoms. The molecule has 1 heterocycles. The molecule has 3 aromatic carbocycles. The van der Waals surface area contributed by atoms with Crippen LogP contribution in [0.3, 0.4) is 0 Å². The Balaban J connectivity index is 1.59. The zero-order valence-corrected chi connectivity index (χ0v) is 16.6. The summed E-state index contributed by atoms with van der Waals surface area (Å²) in [6, 6.07) is 30.1. The molecule has 4 rings (SSSR count). The standard InChI is InChI=1S/C25H20FNOS/c26-22-13-11-21(12-14-22)23-15-16-24(29-23)25(28)27(17-19-7-3-1-4-8-19)18-20-9-5-2-6-10-20/h1-16H,17-18H2. The Kier molecular flexibility index (Phi) is 5.82. The van der Waals surface area contributed by atoms with Gasteiger partial charge in [0.2, 0.25) is 0 Å². The number of thiophene rings is 1. The van der Waals surface area contributed by atoms with E-state index in [1.165, 1.54) is 23.5 Å². The predicted molar refractivity (Wildman–Crippen MR) is 116 cm³/mol. The smallest absolute Gasteiger partial charge is 0.264 e. The van der Waals surface area contributed by atoms with Crippen LogP contribution in [0.2, 0.25) is 0 Å². The summed E-state index contributed by atoms with van der Waals surface area (Å²) in [6.07, 6.45) is 0.